The molecule has 0 bridgehead atoms. The third-order valence-electron chi connectivity index (χ3n) is 7.17. The van der Waals surface area contributed by atoms with Crippen molar-refractivity contribution in [1.29, 1.82) is 0 Å². The van der Waals surface area contributed by atoms with Gasteiger partial charge in [-0.2, -0.15) is 9.50 Å². The first kappa shape index (κ1) is 24.5. The molecule has 4 heterocycles. The SMILES string of the molecule is CCc1c(N2CCN(C(=O)OC(C)(C)C)C3CCC32)c(=O)n2nc(C3=CCOCC3)nc2n1CC=O. The average Bonchev–Trinajstić information content (AvgIpc) is 3.26. The van der Waals surface area contributed by atoms with Crippen LogP contribution in [0.2, 0.25) is 0 Å². The highest BCUT2D eigenvalue weighted by molar-refractivity contribution is 5.70. The standard InChI is InChI=1S/C25H34N6O5/c1-5-17-20(28-10-11-30(19-7-6-18(19)28)24(34)36-25(2,3)4)22(33)31-23(29(17)12-13-32)26-21(27-31)16-8-14-35-15-9-16/h8,13,18-19H,5-7,9-12,14-15H2,1-4H3. The monoisotopic (exact) mass is 498 g/mol. The second-order valence-corrected chi connectivity index (χ2v) is 10.5. The molecule has 2 aromatic heterocycles. The number of aromatic nitrogens is 4. The Morgan fingerprint density at radius 3 is 2.64 bits per heavy atom. The highest BCUT2D eigenvalue weighted by atomic mass is 16.6. The first-order valence-corrected chi connectivity index (χ1v) is 12.7. The minimum absolute atomic E-state index is 0.00703. The van der Waals surface area contributed by atoms with E-state index >= 15 is 0 Å². The van der Waals surface area contributed by atoms with Crippen LogP contribution in [-0.2, 0) is 27.2 Å². The number of amides is 1. The molecule has 194 valence electrons. The maximum Gasteiger partial charge on any atom is 0.410 e. The Bertz CT molecular complexity index is 1270. The summed E-state index contributed by atoms with van der Waals surface area (Å²) in [5, 5.41) is 4.58. The van der Waals surface area contributed by atoms with E-state index in [1.54, 1.807) is 9.47 Å². The smallest absolute Gasteiger partial charge is 0.410 e. The summed E-state index contributed by atoms with van der Waals surface area (Å²) in [5.41, 5.74) is 1.43. The number of aldehydes is 1. The minimum atomic E-state index is -0.568. The van der Waals surface area contributed by atoms with E-state index in [1.165, 1.54) is 4.52 Å². The average molecular weight is 499 g/mol. The third-order valence-corrected chi connectivity index (χ3v) is 7.17. The van der Waals surface area contributed by atoms with E-state index in [-0.39, 0.29) is 30.3 Å². The Morgan fingerprint density at radius 2 is 2.03 bits per heavy atom. The highest BCUT2D eigenvalue weighted by Crippen LogP contribution is 2.37. The van der Waals surface area contributed by atoms with Crippen molar-refractivity contribution in [2.75, 3.05) is 31.2 Å². The number of carbonyl (C=O) groups is 2. The number of piperazine rings is 1. The zero-order valence-corrected chi connectivity index (χ0v) is 21.4. The zero-order valence-electron chi connectivity index (χ0n) is 21.4. The van der Waals surface area contributed by atoms with Crippen LogP contribution >= 0.6 is 0 Å². The van der Waals surface area contributed by atoms with Crippen LogP contribution in [0.4, 0.5) is 10.5 Å². The van der Waals surface area contributed by atoms with E-state index in [4.69, 9.17) is 9.47 Å². The van der Waals surface area contributed by atoms with Gasteiger partial charge >= 0.3 is 6.09 Å². The Balaban J connectivity index is 1.56. The van der Waals surface area contributed by atoms with Gasteiger partial charge in [-0.15, -0.1) is 5.10 Å². The van der Waals surface area contributed by atoms with Gasteiger partial charge in [0.1, 0.15) is 17.6 Å². The molecule has 3 aliphatic rings. The Kier molecular flexibility index (Phi) is 6.36. The van der Waals surface area contributed by atoms with Gasteiger partial charge in [0, 0.05) is 19.1 Å². The lowest BCUT2D eigenvalue weighted by atomic mass is 9.81. The van der Waals surface area contributed by atoms with Crippen LogP contribution in [0.15, 0.2) is 10.9 Å². The summed E-state index contributed by atoms with van der Waals surface area (Å²) in [6, 6.07) is -0.0146. The maximum atomic E-state index is 13.9. The highest BCUT2D eigenvalue weighted by Gasteiger charge is 2.47. The molecule has 2 atom stereocenters. The molecule has 2 fully saturated rings. The number of fused-ring (bicyclic) bond motifs is 2. The minimum Gasteiger partial charge on any atom is -0.444 e. The summed E-state index contributed by atoms with van der Waals surface area (Å²) < 4.78 is 14.2. The van der Waals surface area contributed by atoms with Crippen LogP contribution in [0.3, 0.4) is 0 Å². The molecule has 1 saturated heterocycles. The van der Waals surface area contributed by atoms with Crippen molar-refractivity contribution in [3.8, 4) is 0 Å². The predicted octanol–water partition coefficient (Wildman–Crippen LogP) is 2.04. The van der Waals surface area contributed by atoms with E-state index in [0.29, 0.717) is 56.4 Å². The summed E-state index contributed by atoms with van der Waals surface area (Å²) in [4.78, 5) is 47.0. The van der Waals surface area contributed by atoms with Crippen molar-refractivity contribution in [3.63, 3.8) is 0 Å². The number of hydrogen-bond donors (Lipinski definition) is 0. The van der Waals surface area contributed by atoms with Crippen molar-refractivity contribution in [1.82, 2.24) is 24.1 Å². The quantitative estimate of drug-likeness (QED) is 0.576. The molecule has 0 spiro atoms. The Labute approximate surface area is 209 Å². The number of rotatable bonds is 5. The van der Waals surface area contributed by atoms with Crippen LogP contribution in [0.25, 0.3) is 11.4 Å². The molecule has 2 aromatic rings. The topological polar surface area (TPSA) is 111 Å². The molecule has 36 heavy (non-hydrogen) atoms. The lowest BCUT2D eigenvalue weighted by Gasteiger charge is -2.54. The van der Waals surface area contributed by atoms with Crippen LogP contribution in [0, 0.1) is 0 Å². The van der Waals surface area contributed by atoms with Gasteiger partial charge in [0.05, 0.1) is 31.5 Å². The molecule has 0 radical (unpaired) electrons. The van der Waals surface area contributed by atoms with Crippen LogP contribution in [0.1, 0.15) is 58.5 Å². The van der Waals surface area contributed by atoms with Crippen LogP contribution in [0.5, 0.6) is 0 Å². The molecular weight excluding hydrogens is 464 g/mol. The third kappa shape index (κ3) is 4.19. The number of nitrogens with zero attached hydrogens (tertiary/aromatic N) is 6. The second kappa shape index (κ2) is 9.34. The van der Waals surface area contributed by atoms with Gasteiger partial charge in [0.2, 0.25) is 5.78 Å². The van der Waals surface area contributed by atoms with Gasteiger partial charge in [0.15, 0.2) is 5.82 Å². The van der Waals surface area contributed by atoms with Gasteiger partial charge in [-0.1, -0.05) is 13.0 Å². The van der Waals surface area contributed by atoms with Gasteiger partial charge in [-0.25, -0.2) is 4.79 Å². The normalized spacial score (nSPS) is 22.2. The van der Waals surface area contributed by atoms with Gasteiger partial charge in [-0.05, 0) is 52.0 Å². The van der Waals surface area contributed by atoms with E-state index in [0.717, 1.165) is 30.4 Å². The number of anilines is 1. The molecule has 1 aliphatic carbocycles. The van der Waals surface area contributed by atoms with E-state index < -0.39 is 5.60 Å². The van der Waals surface area contributed by atoms with Crippen molar-refractivity contribution in [3.05, 3.63) is 27.9 Å². The number of ether oxygens (including phenoxy) is 2. The van der Waals surface area contributed by atoms with Crippen molar-refractivity contribution in [2.24, 2.45) is 0 Å². The first-order chi connectivity index (χ1) is 17.2. The van der Waals surface area contributed by atoms with Gasteiger partial charge in [-0.3, -0.25) is 4.79 Å². The molecule has 11 nitrogen and oxygen atoms in total. The molecule has 1 amide bonds. The first-order valence-electron chi connectivity index (χ1n) is 12.7. The summed E-state index contributed by atoms with van der Waals surface area (Å²) >= 11 is 0. The summed E-state index contributed by atoms with van der Waals surface area (Å²) in [5.74, 6) is 0.859. The summed E-state index contributed by atoms with van der Waals surface area (Å²) in [7, 11) is 0. The predicted molar refractivity (Wildman–Crippen MR) is 133 cm³/mol. The molecule has 1 saturated carbocycles. The Hall–Kier alpha value is -3.21. The van der Waals surface area contributed by atoms with E-state index in [2.05, 4.69) is 15.0 Å². The molecule has 0 N–H and O–H groups in total. The number of carbonyl (C=O) groups excluding carboxylic acids is 2. The Morgan fingerprint density at radius 1 is 1.25 bits per heavy atom. The lowest BCUT2D eigenvalue weighted by Crippen LogP contribution is -2.67. The fraction of sp³-hybridized carbons (Fsp3) is 0.640. The summed E-state index contributed by atoms with van der Waals surface area (Å²) in [6.07, 6.45) is 5.39. The number of hydrogen-bond acceptors (Lipinski definition) is 8. The van der Waals surface area contributed by atoms with E-state index in [9.17, 15) is 14.4 Å². The molecule has 5 rings (SSSR count). The fourth-order valence-electron chi connectivity index (χ4n) is 5.43. The van der Waals surface area contributed by atoms with E-state index in [1.807, 2.05) is 33.8 Å². The second-order valence-electron chi connectivity index (χ2n) is 10.5. The lowest BCUT2D eigenvalue weighted by molar-refractivity contribution is -0.108. The van der Waals surface area contributed by atoms with Gasteiger partial charge in [0.25, 0.3) is 5.56 Å². The zero-order chi connectivity index (χ0) is 25.6. The van der Waals surface area contributed by atoms with Crippen molar-refractivity contribution < 1.29 is 19.1 Å². The van der Waals surface area contributed by atoms with Crippen molar-refractivity contribution >= 4 is 29.4 Å². The fourth-order valence-corrected chi connectivity index (χ4v) is 5.43. The molecule has 2 unspecified atom stereocenters. The maximum absolute atomic E-state index is 13.9. The summed E-state index contributed by atoms with van der Waals surface area (Å²) in [6.45, 7) is 9.66. The van der Waals surface area contributed by atoms with Crippen molar-refractivity contribution in [2.45, 2.75) is 77.6 Å². The molecular formula is C25H34N6O5. The largest absolute Gasteiger partial charge is 0.444 e. The van der Waals surface area contributed by atoms with Crippen LogP contribution in [-0.4, -0.2) is 80.4 Å². The van der Waals surface area contributed by atoms with Gasteiger partial charge < -0.3 is 28.6 Å². The molecule has 0 aromatic carbocycles. The molecule has 2 aliphatic heterocycles. The molecule has 11 heteroatoms. The van der Waals surface area contributed by atoms with Crippen LogP contribution < -0.4 is 10.5 Å².